The van der Waals surface area contributed by atoms with Crippen LogP contribution in [0.4, 0.5) is 18.4 Å². The Bertz CT molecular complexity index is 2650. The fourth-order valence-electron chi connectivity index (χ4n) is 11.8. The molecule has 4 saturated heterocycles. The Morgan fingerprint density at radius 3 is 1.20 bits per heavy atom. The normalized spacial score (nSPS) is 18.6. The third kappa shape index (κ3) is 17.4. The van der Waals surface area contributed by atoms with Gasteiger partial charge in [0.15, 0.2) is 0 Å². The van der Waals surface area contributed by atoms with Crippen LogP contribution in [0.1, 0.15) is 127 Å². The summed E-state index contributed by atoms with van der Waals surface area (Å²) in [7, 11) is 0. The molecule has 0 spiro atoms. The second kappa shape index (κ2) is 31.4. The van der Waals surface area contributed by atoms with E-state index < -0.39 is 47.6 Å². The molecule has 86 heavy (non-hydrogen) atoms. The summed E-state index contributed by atoms with van der Waals surface area (Å²) in [4.78, 5) is 96.7. The highest BCUT2D eigenvalue weighted by Gasteiger charge is 2.41. The Balaban J connectivity index is 1.03. The summed E-state index contributed by atoms with van der Waals surface area (Å²) in [6.45, 7) is 18.9. The smallest absolute Gasteiger partial charge is 0.418 e. The van der Waals surface area contributed by atoms with Gasteiger partial charge in [0.1, 0.15) is 36.3 Å². The third-order valence-corrected chi connectivity index (χ3v) is 16.8. The minimum atomic E-state index is -1.69. The zero-order chi connectivity index (χ0) is 61.3. The monoisotopic (exact) mass is 1190 g/mol. The van der Waals surface area contributed by atoms with Crippen LogP contribution in [-0.2, 0) is 51.2 Å². The van der Waals surface area contributed by atoms with E-state index in [0.29, 0.717) is 127 Å². The maximum absolute atomic E-state index is 15.5. The lowest BCUT2D eigenvalue weighted by molar-refractivity contribution is -0.181. The van der Waals surface area contributed by atoms with Gasteiger partial charge in [-0.15, -0.1) is 0 Å². The lowest BCUT2D eigenvalue weighted by Gasteiger charge is -2.40. The molecule has 0 N–H and O–H groups in total. The van der Waals surface area contributed by atoms with Crippen molar-refractivity contribution in [3.05, 3.63) is 131 Å². The van der Waals surface area contributed by atoms with Crippen LogP contribution in [0, 0.1) is 23.5 Å². The fourth-order valence-corrected chi connectivity index (χ4v) is 11.8. The number of nitrogens with zero attached hydrogens (tertiary/aromatic N) is 6. The van der Waals surface area contributed by atoms with Crippen LogP contribution in [0.3, 0.4) is 0 Å². The number of cyclic esters (lactones) is 2. The van der Waals surface area contributed by atoms with E-state index in [4.69, 9.17) is 28.4 Å². The SMILES string of the molecule is CCCOc1ccc(C(OC(=O)C(=O)OC(C(=O)N(Cc2ccc(F)cc2)C2CCN(CCCN3C(=O)OCC3C(C)C)CC2)c2ccc(OCCC)cc2)C(=O)N(Cc2ccc(F)cc2)C2CCN(CCCN3C(=O)OCC3C(C)C)CC2)cc1. The van der Waals surface area contributed by atoms with Crippen LogP contribution in [0.5, 0.6) is 11.5 Å². The number of likely N-dealkylation sites (tertiary alicyclic amines) is 2. The molecule has 4 heterocycles. The average Bonchev–Trinajstić information content (AvgIpc) is 2.88. The van der Waals surface area contributed by atoms with E-state index >= 15 is 9.59 Å². The second-order valence-electron chi connectivity index (χ2n) is 23.6. The molecular weight excluding hydrogens is 1110 g/mol. The molecule has 4 atom stereocenters. The van der Waals surface area contributed by atoms with Crippen molar-refractivity contribution in [2.75, 3.05) is 78.8 Å². The minimum absolute atomic E-state index is 0.0191. The number of esters is 2. The highest BCUT2D eigenvalue weighted by atomic mass is 19.1. The number of hydrogen-bond donors (Lipinski definition) is 0. The number of piperidine rings is 2. The van der Waals surface area contributed by atoms with Crippen LogP contribution in [0.25, 0.3) is 0 Å². The van der Waals surface area contributed by atoms with Gasteiger partial charge in [-0.1, -0.05) is 90.1 Å². The topological polar surface area (TPSA) is 177 Å². The van der Waals surface area contributed by atoms with Gasteiger partial charge in [-0.3, -0.25) is 9.59 Å². The van der Waals surface area contributed by atoms with Crippen LogP contribution in [-0.4, -0.2) is 168 Å². The van der Waals surface area contributed by atoms with Crippen molar-refractivity contribution in [3.63, 3.8) is 0 Å². The van der Waals surface area contributed by atoms with Crippen molar-refractivity contribution in [3.8, 4) is 11.5 Å². The number of amides is 4. The third-order valence-electron chi connectivity index (χ3n) is 16.8. The zero-order valence-corrected chi connectivity index (χ0v) is 50.8. The molecule has 4 aromatic rings. The fraction of sp³-hybridized carbons (Fsp3) is 0.545. The molecule has 4 unspecified atom stereocenters. The lowest BCUT2D eigenvalue weighted by Crippen LogP contribution is -2.50. The molecule has 4 fully saturated rings. The van der Waals surface area contributed by atoms with Gasteiger partial charge in [-0.2, -0.15) is 0 Å². The van der Waals surface area contributed by atoms with Crippen molar-refractivity contribution >= 4 is 35.9 Å². The van der Waals surface area contributed by atoms with E-state index in [1.807, 2.05) is 13.8 Å². The van der Waals surface area contributed by atoms with E-state index in [2.05, 4.69) is 37.5 Å². The summed E-state index contributed by atoms with van der Waals surface area (Å²) >= 11 is 0. The lowest BCUT2D eigenvalue weighted by atomic mass is 9.99. The van der Waals surface area contributed by atoms with Gasteiger partial charge in [0.2, 0.25) is 12.2 Å². The summed E-state index contributed by atoms with van der Waals surface area (Å²) in [6.07, 6.45) is 1.12. The molecule has 0 radical (unpaired) electrons. The molecular formula is C66H86F2N6O12. The predicted octanol–water partition coefficient (Wildman–Crippen LogP) is 10.1. The molecule has 4 amide bonds. The number of carbonyl (C=O) groups excluding carboxylic acids is 6. The van der Waals surface area contributed by atoms with Crippen molar-refractivity contribution < 1.29 is 66.0 Å². The van der Waals surface area contributed by atoms with Crippen molar-refractivity contribution in [2.24, 2.45) is 11.8 Å². The molecule has 4 aromatic carbocycles. The van der Waals surface area contributed by atoms with E-state index in [9.17, 15) is 28.0 Å². The van der Waals surface area contributed by atoms with Gasteiger partial charge in [0, 0.05) is 75.6 Å². The number of ether oxygens (including phenoxy) is 6. The molecule has 0 aliphatic carbocycles. The maximum Gasteiger partial charge on any atom is 0.418 e. The Kier molecular flexibility index (Phi) is 23.6. The summed E-state index contributed by atoms with van der Waals surface area (Å²) in [5.74, 6) is -3.67. The molecule has 0 bridgehead atoms. The second-order valence-corrected chi connectivity index (χ2v) is 23.6. The first-order valence-electron chi connectivity index (χ1n) is 30.8. The van der Waals surface area contributed by atoms with Crippen LogP contribution < -0.4 is 9.47 Å². The largest absolute Gasteiger partial charge is 0.494 e. The number of hydrogen-bond acceptors (Lipinski definition) is 14. The van der Waals surface area contributed by atoms with Crippen molar-refractivity contribution in [1.82, 2.24) is 29.4 Å². The summed E-state index contributed by atoms with van der Waals surface area (Å²) in [5, 5.41) is 0. The van der Waals surface area contributed by atoms with Gasteiger partial charge in [0.05, 0.1) is 25.3 Å². The Hall–Kier alpha value is -7.32. The number of benzene rings is 4. The Morgan fingerprint density at radius 2 is 0.872 bits per heavy atom. The molecule has 0 saturated carbocycles. The highest BCUT2D eigenvalue weighted by molar-refractivity contribution is 6.30. The van der Waals surface area contributed by atoms with E-state index in [-0.39, 0.29) is 72.4 Å². The first-order chi connectivity index (χ1) is 41.5. The minimum Gasteiger partial charge on any atom is -0.494 e. The van der Waals surface area contributed by atoms with Gasteiger partial charge in [0.25, 0.3) is 11.8 Å². The predicted molar refractivity (Wildman–Crippen MR) is 318 cm³/mol. The zero-order valence-electron chi connectivity index (χ0n) is 50.8. The van der Waals surface area contributed by atoms with E-state index in [0.717, 1.165) is 25.7 Å². The molecule has 20 heteroatoms. The highest BCUT2D eigenvalue weighted by Crippen LogP contribution is 2.33. The molecule has 4 aliphatic heterocycles. The molecule has 8 rings (SSSR count). The maximum atomic E-state index is 15.5. The number of rotatable bonds is 28. The first-order valence-corrected chi connectivity index (χ1v) is 30.8. The molecule has 18 nitrogen and oxygen atoms in total. The van der Waals surface area contributed by atoms with Gasteiger partial charge in [-0.25, -0.2) is 28.0 Å². The molecule has 466 valence electrons. The molecule has 4 aliphatic rings. The summed E-state index contributed by atoms with van der Waals surface area (Å²) in [5.41, 5.74) is 1.74. The van der Waals surface area contributed by atoms with Crippen molar-refractivity contribution in [2.45, 2.75) is 142 Å². The van der Waals surface area contributed by atoms with Gasteiger partial charge < -0.3 is 57.8 Å². The average molecular weight is 1190 g/mol. The quantitative estimate of drug-likeness (QED) is 0.0298. The van der Waals surface area contributed by atoms with Crippen molar-refractivity contribution in [1.29, 1.82) is 0 Å². The van der Waals surface area contributed by atoms with Crippen LogP contribution in [0.2, 0.25) is 0 Å². The standard InChI is InChI=1S/C66H86F2N6O12/c1-7-39-81-55-23-15-49(16-24-55)59(61(75)73(41-47-11-19-51(67)20-12-47)53-27-35-69(36-28-53)31-9-33-71-57(45(3)4)43-83-65(71)79)85-63(77)64(78)86-60(50-17-25-56(26-18-50)82-40-8-2)62(76)74(42-48-13-21-52(68)22-14-48)54-29-37-70(38-30-54)32-10-34-72-58(46(5)6)44-84-66(72)80/h11-26,45-46,53-54,57-60H,7-10,27-44H2,1-6H3. The number of halogens is 2. The van der Waals surface area contributed by atoms with Gasteiger partial charge in [-0.05, 0) is 136 Å². The van der Waals surface area contributed by atoms with E-state index in [1.54, 1.807) is 92.4 Å². The van der Waals surface area contributed by atoms with Crippen LogP contribution >= 0.6 is 0 Å². The Morgan fingerprint density at radius 1 is 0.523 bits per heavy atom. The molecule has 0 aromatic heterocycles. The van der Waals surface area contributed by atoms with E-state index in [1.165, 1.54) is 24.3 Å². The van der Waals surface area contributed by atoms with Crippen LogP contribution in [0.15, 0.2) is 97.1 Å². The summed E-state index contributed by atoms with van der Waals surface area (Å²) in [6, 6.07) is 24.0. The summed E-state index contributed by atoms with van der Waals surface area (Å²) < 4.78 is 63.3. The number of carbonyl (C=O) groups is 6. The van der Waals surface area contributed by atoms with Gasteiger partial charge >= 0.3 is 24.1 Å². The first kappa shape index (κ1) is 64.7. The Labute approximate surface area is 504 Å².